The standard InChI is InChI=1S/C11H14N2O4/c1-3-12(4-2)10(14)7-5-9-6-8-11(17-9)13(15)16/h5-8H,3-4H2,1-2H3/b7-5+. The first kappa shape index (κ1) is 13.0. The minimum atomic E-state index is -0.621. The molecule has 6 nitrogen and oxygen atoms in total. The Kier molecular flexibility index (Phi) is 4.45. The van der Waals surface area contributed by atoms with Gasteiger partial charge >= 0.3 is 5.88 Å². The average Bonchev–Trinajstić information content (AvgIpc) is 2.76. The lowest BCUT2D eigenvalue weighted by molar-refractivity contribution is -0.402. The van der Waals surface area contributed by atoms with Crippen molar-refractivity contribution in [1.82, 2.24) is 4.90 Å². The van der Waals surface area contributed by atoms with Gasteiger partial charge in [-0.2, -0.15) is 0 Å². The highest BCUT2D eigenvalue weighted by Crippen LogP contribution is 2.16. The number of hydrogen-bond acceptors (Lipinski definition) is 4. The molecule has 6 heteroatoms. The monoisotopic (exact) mass is 238 g/mol. The molecule has 0 fully saturated rings. The average molecular weight is 238 g/mol. The van der Waals surface area contributed by atoms with Crippen molar-refractivity contribution in [2.45, 2.75) is 13.8 Å². The molecule has 17 heavy (non-hydrogen) atoms. The lowest BCUT2D eigenvalue weighted by Gasteiger charge is -2.15. The Morgan fingerprint density at radius 1 is 1.47 bits per heavy atom. The molecule has 0 aliphatic rings. The summed E-state index contributed by atoms with van der Waals surface area (Å²) in [6.07, 6.45) is 2.77. The zero-order valence-electron chi connectivity index (χ0n) is 9.75. The first-order chi connectivity index (χ1) is 8.08. The van der Waals surface area contributed by atoms with E-state index < -0.39 is 4.92 Å². The molecular weight excluding hydrogens is 224 g/mol. The van der Waals surface area contributed by atoms with Gasteiger partial charge in [0.25, 0.3) is 0 Å². The highest BCUT2D eigenvalue weighted by Gasteiger charge is 2.10. The van der Waals surface area contributed by atoms with Crippen LogP contribution in [0.4, 0.5) is 5.88 Å². The lowest BCUT2D eigenvalue weighted by Crippen LogP contribution is -2.28. The summed E-state index contributed by atoms with van der Waals surface area (Å²) >= 11 is 0. The van der Waals surface area contributed by atoms with Crippen LogP contribution in [0.1, 0.15) is 19.6 Å². The first-order valence-corrected chi connectivity index (χ1v) is 5.29. The van der Waals surface area contributed by atoms with E-state index >= 15 is 0 Å². The van der Waals surface area contributed by atoms with Gasteiger partial charge in [0, 0.05) is 19.2 Å². The van der Waals surface area contributed by atoms with Gasteiger partial charge in [0.05, 0.1) is 6.07 Å². The van der Waals surface area contributed by atoms with Gasteiger partial charge in [-0.15, -0.1) is 0 Å². The second-order valence-corrected chi connectivity index (χ2v) is 3.28. The quantitative estimate of drug-likeness (QED) is 0.447. The zero-order chi connectivity index (χ0) is 12.8. The van der Waals surface area contributed by atoms with E-state index in [2.05, 4.69) is 0 Å². The smallest absolute Gasteiger partial charge is 0.401 e. The van der Waals surface area contributed by atoms with Crippen molar-refractivity contribution >= 4 is 17.9 Å². The van der Waals surface area contributed by atoms with Crippen LogP contribution in [-0.2, 0) is 4.79 Å². The van der Waals surface area contributed by atoms with Crippen LogP contribution in [0.2, 0.25) is 0 Å². The van der Waals surface area contributed by atoms with Crippen molar-refractivity contribution in [2.75, 3.05) is 13.1 Å². The third-order valence-electron chi connectivity index (χ3n) is 2.26. The number of nitrogens with zero attached hydrogens (tertiary/aromatic N) is 2. The first-order valence-electron chi connectivity index (χ1n) is 5.29. The summed E-state index contributed by atoms with van der Waals surface area (Å²) in [6, 6.07) is 2.70. The van der Waals surface area contributed by atoms with Gasteiger partial charge in [-0.05, 0) is 26.0 Å². The molecule has 92 valence electrons. The van der Waals surface area contributed by atoms with Crippen molar-refractivity contribution in [3.05, 3.63) is 34.1 Å². The Balaban J connectivity index is 2.69. The van der Waals surface area contributed by atoms with Crippen LogP contribution in [0.5, 0.6) is 0 Å². The third kappa shape index (κ3) is 3.44. The molecule has 0 saturated carbocycles. The minimum Gasteiger partial charge on any atom is -0.401 e. The topological polar surface area (TPSA) is 76.6 Å². The second-order valence-electron chi connectivity index (χ2n) is 3.28. The highest BCUT2D eigenvalue weighted by atomic mass is 16.6. The van der Waals surface area contributed by atoms with Crippen molar-refractivity contribution in [3.8, 4) is 0 Å². The number of rotatable bonds is 5. The van der Waals surface area contributed by atoms with Crippen molar-refractivity contribution in [3.63, 3.8) is 0 Å². The molecule has 0 aromatic carbocycles. The molecule has 1 aromatic heterocycles. The van der Waals surface area contributed by atoms with Gasteiger partial charge in [-0.25, -0.2) is 0 Å². The maximum absolute atomic E-state index is 11.6. The number of hydrogen-bond donors (Lipinski definition) is 0. The number of carbonyl (C=O) groups excluding carboxylic acids is 1. The molecule has 0 aliphatic heterocycles. The number of amides is 1. The lowest BCUT2D eigenvalue weighted by atomic mass is 10.3. The van der Waals surface area contributed by atoms with Crippen molar-refractivity contribution in [1.29, 1.82) is 0 Å². The Bertz CT molecular complexity index is 432. The van der Waals surface area contributed by atoms with Crippen LogP contribution in [0.3, 0.4) is 0 Å². The number of furan rings is 1. The minimum absolute atomic E-state index is 0.144. The van der Waals surface area contributed by atoms with Gasteiger partial charge in [0.1, 0.15) is 10.7 Å². The molecular formula is C11H14N2O4. The third-order valence-corrected chi connectivity index (χ3v) is 2.26. The molecule has 0 saturated heterocycles. The summed E-state index contributed by atoms with van der Waals surface area (Å²) in [5, 5.41) is 10.4. The van der Waals surface area contributed by atoms with E-state index in [0.717, 1.165) is 0 Å². The summed E-state index contributed by atoms with van der Waals surface area (Å²) in [7, 11) is 0. The fourth-order valence-corrected chi connectivity index (χ4v) is 1.32. The maximum atomic E-state index is 11.6. The summed E-state index contributed by atoms with van der Waals surface area (Å²) < 4.78 is 4.89. The van der Waals surface area contributed by atoms with Gasteiger partial charge in [-0.3, -0.25) is 14.9 Å². The van der Waals surface area contributed by atoms with E-state index in [9.17, 15) is 14.9 Å². The van der Waals surface area contributed by atoms with Crippen molar-refractivity contribution in [2.24, 2.45) is 0 Å². The van der Waals surface area contributed by atoms with Crippen LogP contribution < -0.4 is 0 Å². The van der Waals surface area contributed by atoms with Crippen LogP contribution in [0.25, 0.3) is 6.08 Å². The van der Waals surface area contributed by atoms with E-state index in [1.54, 1.807) is 4.90 Å². The summed E-state index contributed by atoms with van der Waals surface area (Å²) in [4.78, 5) is 23.0. The molecule has 0 N–H and O–H groups in total. The van der Waals surface area contributed by atoms with Crippen LogP contribution in [-0.4, -0.2) is 28.8 Å². The Morgan fingerprint density at radius 2 is 2.12 bits per heavy atom. The van der Waals surface area contributed by atoms with Gasteiger partial charge in [0.15, 0.2) is 0 Å². The molecule has 1 amide bonds. The van der Waals surface area contributed by atoms with Crippen LogP contribution in [0.15, 0.2) is 22.6 Å². The Morgan fingerprint density at radius 3 is 2.59 bits per heavy atom. The predicted molar refractivity (Wildman–Crippen MR) is 62.3 cm³/mol. The fourth-order valence-electron chi connectivity index (χ4n) is 1.32. The van der Waals surface area contributed by atoms with E-state index in [1.807, 2.05) is 13.8 Å². The summed E-state index contributed by atoms with van der Waals surface area (Å²) in [6.45, 7) is 5.01. The maximum Gasteiger partial charge on any atom is 0.433 e. The van der Waals surface area contributed by atoms with E-state index in [0.29, 0.717) is 13.1 Å². The Hall–Kier alpha value is -2.11. The summed E-state index contributed by atoms with van der Waals surface area (Å²) in [5.74, 6) is -0.189. The molecule has 0 spiro atoms. The van der Waals surface area contributed by atoms with Gasteiger partial charge in [-0.1, -0.05) is 0 Å². The molecule has 0 radical (unpaired) electrons. The number of nitro groups is 1. The van der Waals surface area contributed by atoms with E-state index in [-0.39, 0.29) is 17.6 Å². The second kappa shape index (κ2) is 5.83. The molecule has 1 aromatic rings. The fraction of sp³-hybridized carbons (Fsp3) is 0.364. The molecule has 0 aliphatic carbocycles. The van der Waals surface area contributed by atoms with Gasteiger partial charge < -0.3 is 9.32 Å². The normalized spacial score (nSPS) is 10.7. The van der Waals surface area contributed by atoms with Crippen LogP contribution >= 0.6 is 0 Å². The van der Waals surface area contributed by atoms with Gasteiger partial charge in [0.2, 0.25) is 5.91 Å². The molecule has 1 rings (SSSR count). The van der Waals surface area contributed by atoms with E-state index in [4.69, 9.17) is 4.42 Å². The zero-order valence-corrected chi connectivity index (χ0v) is 9.75. The van der Waals surface area contributed by atoms with Crippen LogP contribution in [0, 0.1) is 10.1 Å². The Labute approximate surface area is 98.7 Å². The molecule has 0 bridgehead atoms. The number of likely N-dealkylation sites (N-methyl/N-ethyl adjacent to an activating group) is 1. The summed E-state index contributed by atoms with van der Waals surface area (Å²) in [5.41, 5.74) is 0. The molecule has 0 atom stereocenters. The SMILES string of the molecule is CCN(CC)C(=O)/C=C/c1ccc([N+](=O)[O-])o1. The predicted octanol–water partition coefficient (Wildman–Crippen LogP) is 2.07. The highest BCUT2D eigenvalue weighted by molar-refractivity contribution is 5.91. The number of carbonyl (C=O) groups is 1. The molecule has 0 unspecified atom stereocenters. The molecule has 1 heterocycles. The van der Waals surface area contributed by atoms with Crippen molar-refractivity contribution < 1.29 is 14.1 Å². The largest absolute Gasteiger partial charge is 0.433 e. The van der Waals surface area contributed by atoms with E-state index in [1.165, 1.54) is 24.3 Å².